The Morgan fingerprint density at radius 3 is 2.50 bits per heavy atom. The van der Waals surface area contributed by atoms with Crippen LogP contribution >= 0.6 is 0 Å². The Labute approximate surface area is 158 Å². The van der Waals surface area contributed by atoms with E-state index in [2.05, 4.69) is 45.7 Å². The number of anilines is 1. The summed E-state index contributed by atoms with van der Waals surface area (Å²) in [4.78, 5) is 4.84. The summed E-state index contributed by atoms with van der Waals surface area (Å²) >= 11 is 0. The van der Waals surface area contributed by atoms with E-state index in [1.54, 1.807) is 4.31 Å². The van der Waals surface area contributed by atoms with Crippen molar-refractivity contribution in [1.82, 2.24) is 13.9 Å². The Morgan fingerprint density at radius 2 is 1.81 bits per heavy atom. The number of piperidine rings is 1. The highest BCUT2D eigenvalue weighted by Crippen LogP contribution is 2.18. The molecule has 0 radical (unpaired) electrons. The first-order chi connectivity index (χ1) is 12.5. The van der Waals surface area contributed by atoms with Crippen molar-refractivity contribution < 1.29 is 8.42 Å². The molecule has 2 fully saturated rings. The Kier molecular flexibility index (Phi) is 6.92. The van der Waals surface area contributed by atoms with Gasteiger partial charge in [-0.1, -0.05) is 25.1 Å². The van der Waals surface area contributed by atoms with Crippen LogP contribution in [0.25, 0.3) is 0 Å². The number of hydrogen-bond acceptors (Lipinski definition) is 4. The van der Waals surface area contributed by atoms with E-state index in [4.69, 9.17) is 0 Å². The molecule has 2 aliphatic heterocycles. The lowest BCUT2D eigenvalue weighted by atomic mass is 10.0. The molecule has 0 saturated carbocycles. The van der Waals surface area contributed by atoms with E-state index in [0.29, 0.717) is 25.6 Å². The van der Waals surface area contributed by atoms with E-state index in [0.717, 1.165) is 52.0 Å². The van der Waals surface area contributed by atoms with Crippen molar-refractivity contribution in [1.29, 1.82) is 0 Å². The van der Waals surface area contributed by atoms with Crippen LogP contribution in [0, 0.1) is 5.92 Å². The quantitative estimate of drug-likeness (QED) is 0.733. The molecule has 0 amide bonds. The summed E-state index contributed by atoms with van der Waals surface area (Å²) in [6, 6.07) is 10.5. The molecule has 1 N–H and O–H groups in total. The van der Waals surface area contributed by atoms with Crippen LogP contribution in [0.1, 0.15) is 26.2 Å². The van der Waals surface area contributed by atoms with Gasteiger partial charge in [-0.3, -0.25) is 4.90 Å². The predicted molar refractivity (Wildman–Crippen MR) is 107 cm³/mol. The van der Waals surface area contributed by atoms with Crippen molar-refractivity contribution in [2.75, 3.05) is 57.3 Å². The van der Waals surface area contributed by atoms with Crippen LogP contribution in [0.5, 0.6) is 0 Å². The van der Waals surface area contributed by atoms with E-state index >= 15 is 0 Å². The van der Waals surface area contributed by atoms with Crippen LogP contribution in [0.4, 0.5) is 5.69 Å². The third kappa shape index (κ3) is 5.42. The second-order valence-corrected chi connectivity index (χ2v) is 9.28. The first-order valence-corrected chi connectivity index (χ1v) is 11.3. The summed E-state index contributed by atoms with van der Waals surface area (Å²) in [5, 5.41) is 0. The van der Waals surface area contributed by atoms with Gasteiger partial charge in [0.2, 0.25) is 0 Å². The molecular weight excluding hydrogens is 348 g/mol. The topological polar surface area (TPSA) is 55.9 Å². The Balaban J connectivity index is 1.34. The zero-order valence-corrected chi connectivity index (χ0v) is 16.6. The van der Waals surface area contributed by atoms with Gasteiger partial charge in [-0.05, 0) is 43.9 Å². The molecule has 0 bridgehead atoms. The van der Waals surface area contributed by atoms with Gasteiger partial charge in [0.05, 0.1) is 0 Å². The van der Waals surface area contributed by atoms with E-state index in [9.17, 15) is 8.42 Å². The van der Waals surface area contributed by atoms with Crippen LogP contribution in [-0.4, -0.2) is 70.0 Å². The van der Waals surface area contributed by atoms with E-state index in [1.807, 2.05) is 6.07 Å². The number of rotatable bonds is 7. The molecule has 2 heterocycles. The fourth-order valence-corrected chi connectivity index (χ4v) is 5.23. The predicted octanol–water partition coefficient (Wildman–Crippen LogP) is 1.76. The van der Waals surface area contributed by atoms with Crippen molar-refractivity contribution in [3.05, 3.63) is 30.3 Å². The van der Waals surface area contributed by atoms with Crippen molar-refractivity contribution in [2.45, 2.75) is 26.2 Å². The third-order valence-electron chi connectivity index (χ3n) is 5.39. The zero-order valence-electron chi connectivity index (χ0n) is 15.8. The highest BCUT2D eigenvalue weighted by Gasteiger charge is 2.26. The maximum atomic E-state index is 12.4. The molecule has 3 rings (SSSR count). The minimum atomic E-state index is -3.31. The number of nitrogens with one attached hydrogen (secondary N) is 1. The van der Waals surface area contributed by atoms with Crippen molar-refractivity contribution in [3.8, 4) is 0 Å². The minimum absolute atomic E-state index is 0.459. The lowest BCUT2D eigenvalue weighted by Gasteiger charge is -2.36. The molecule has 7 heteroatoms. The summed E-state index contributed by atoms with van der Waals surface area (Å²) in [6.07, 6.45) is 2.95. The molecule has 146 valence electrons. The zero-order chi connectivity index (χ0) is 18.4. The van der Waals surface area contributed by atoms with Gasteiger partial charge in [0.25, 0.3) is 10.2 Å². The highest BCUT2D eigenvalue weighted by molar-refractivity contribution is 7.87. The average Bonchev–Trinajstić information content (AvgIpc) is 2.66. The van der Waals surface area contributed by atoms with Gasteiger partial charge in [0.15, 0.2) is 0 Å². The van der Waals surface area contributed by atoms with Crippen LogP contribution < -0.4 is 9.62 Å². The second-order valence-electron chi connectivity index (χ2n) is 7.52. The molecule has 2 saturated heterocycles. The fraction of sp³-hybridized carbons (Fsp3) is 0.684. The summed E-state index contributed by atoms with van der Waals surface area (Å²) in [5.74, 6) is 0.459. The maximum absolute atomic E-state index is 12.4. The van der Waals surface area contributed by atoms with Crippen molar-refractivity contribution >= 4 is 15.9 Å². The number of nitrogens with zero attached hydrogens (tertiary/aromatic N) is 3. The van der Waals surface area contributed by atoms with Gasteiger partial charge in [-0.15, -0.1) is 0 Å². The molecule has 0 aliphatic carbocycles. The highest BCUT2D eigenvalue weighted by atomic mass is 32.2. The molecule has 26 heavy (non-hydrogen) atoms. The molecule has 1 aromatic rings. The van der Waals surface area contributed by atoms with Crippen LogP contribution in [0.3, 0.4) is 0 Å². The fourth-order valence-electron chi connectivity index (χ4n) is 3.83. The Bertz CT molecular complexity index is 645. The van der Waals surface area contributed by atoms with E-state index in [1.165, 1.54) is 5.69 Å². The maximum Gasteiger partial charge on any atom is 0.279 e. The standard InChI is InChI=1S/C19H32N4O2S/c1-18-7-5-12-23(17-18)26(24,25)20-10-6-11-21-13-15-22(16-14-21)19-8-3-2-4-9-19/h2-4,8-9,18,20H,5-7,10-17H2,1H3/t18-/m1/s1. The number of benzene rings is 1. The third-order valence-corrected chi connectivity index (χ3v) is 6.97. The summed E-state index contributed by atoms with van der Waals surface area (Å²) in [5.41, 5.74) is 1.29. The number of hydrogen-bond donors (Lipinski definition) is 1. The van der Waals surface area contributed by atoms with Crippen molar-refractivity contribution in [2.24, 2.45) is 5.92 Å². The van der Waals surface area contributed by atoms with Gasteiger partial charge in [-0.2, -0.15) is 12.7 Å². The first kappa shape index (κ1) is 19.6. The number of piperazine rings is 1. The lowest BCUT2D eigenvalue weighted by molar-refractivity contribution is 0.254. The van der Waals surface area contributed by atoms with Crippen LogP contribution in [0.15, 0.2) is 30.3 Å². The van der Waals surface area contributed by atoms with Gasteiger partial charge in [0.1, 0.15) is 0 Å². The smallest absolute Gasteiger partial charge is 0.279 e. The Hall–Kier alpha value is -1.15. The molecule has 6 nitrogen and oxygen atoms in total. The molecule has 1 aromatic carbocycles. The van der Waals surface area contributed by atoms with Gasteiger partial charge >= 0.3 is 0 Å². The lowest BCUT2D eigenvalue weighted by Crippen LogP contribution is -2.48. The van der Waals surface area contributed by atoms with Crippen LogP contribution in [0.2, 0.25) is 0 Å². The SMILES string of the molecule is C[C@@H]1CCCN(S(=O)(=O)NCCCN2CCN(c3ccccc3)CC2)C1. The average molecular weight is 381 g/mol. The molecule has 0 aromatic heterocycles. The van der Waals surface area contributed by atoms with Gasteiger partial charge < -0.3 is 4.90 Å². The van der Waals surface area contributed by atoms with Crippen molar-refractivity contribution in [3.63, 3.8) is 0 Å². The summed E-state index contributed by atoms with van der Waals surface area (Å²) in [7, 11) is -3.31. The van der Waals surface area contributed by atoms with Gasteiger partial charge in [-0.25, -0.2) is 4.72 Å². The minimum Gasteiger partial charge on any atom is -0.369 e. The monoisotopic (exact) mass is 380 g/mol. The molecule has 2 aliphatic rings. The molecule has 0 unspecified atom stereocenters. The normalized spacial score (nSPS) is 23.3. The molecular formula is C19H32N4O2S. The summed E-state index contributed by atoms with van der Waals surface area (Å²) < 4.78 is 29.1. The van der Waals surface area contributed by atoms with Crippen LogP contribution in [-0.2, 0) is 10.2 Å². The van der Waals surface area contributed by atoms with E-state index < -0.39 is 10.2 Å². The Morgan fingerprint density at radius 1 is 1.08 bits per heavy atom. The van der Waals surface area contributed by atoms with Gasteiger partial charge in [0, 0.05) is 51.5 Å². The largest absolute Gasteiger partial charge is 0.369 e. The van der Waals surface area contributed by atoms with E-state index in [-0.39, 0.29) is 0 Å². The summed E-state index contributed by atoms with van der Waals surface area (Å²) in [6.45, 7) is 9.02. The molecule has 1 atom stereocenters. The molecule has 0 spiro atoms. The first-order valence-electron chi connectivity index (χ1n) is 9.82. The number of para-hydroxylation sites is 1. The second kappa shape index (κ2) is 9.17.